The van der Waals surface area contributed by atoms with Crippen LogP contribution in [0.25, 0.3) is 0 Å². The Kier molecular flexibility index (Phi) is 5.92. The van der Waals surface area contributed by atoms with Crippen LogP contribution in [0.15, 0.2) is 24.3 Å². The van der Waals surface area contributed by atoms with Crippen molar-refractivity contribution in [3.63, 3.8) is 0 Å². The van der Waals surface area contributed by atoms with Crippen LogP contribution in [0.5, 0.6) is 0 Å². The standard InChI is InChI=1S/C18H26ClN3O/c19-17-6-2-1-5-15(17)13-18(23)22(16-7-8-20-14-16)12-11-21-9-3-4-10-21/h1-2,5-6,16,20H,3-4,7-14H2. The highest BCUT2D eigenvalue weighted by atomic mass is 35.5. The molecule has 0 aliphatic carbocycles. The number of likely N-dealkylation sites (tertiary alicyclic amines) is 1. The van der Waals surface area contributed by atoms with Gasteiger partial charge in [0.2, 0.25) is 5.91 Å². The lowest BCUT2D eigenvalue weighted by Gasteiger charge is -2.30. The zero-order valence-electron chi connectivity index (χ0n) is 13.6. The van der Waals surface area contributed by atoms with Crippen LogP contribution >= 0.6 is 11.6 Å². The summed E-state index contributed by atoms with van der Waals surface area (Å²) < 4.78 is 0. The Morgan fingerprint density at radius 3 is 2.78 bits per heavy atom. The van der Waals surface area contributed by atoms with Crippen LogP contribution in [0.1, 0.15) is 24.8 Å². The van der Waals surface area contributed by atoms with Gasteiger partial charge in [0.25, 0.3) is 0 Å². The summed E-state index contributed by atoms with van der Waals surface area (Å²) in [5, 5.41) is 4.06. The van der Waals surface area contributed by atoms with Gasteiger partial charge in [0.1, 0.15) is 0 Å². The summed E-state index contributed by atoms with van der Waals surface area (Å²) in [5.74, 6) is 0.200. The van der Waals surface area contributed by atoms with Crippen molar-refractivity contribution in [2.75, 3.05) is 39.3 Å². The van der Waals surface area contributed by atoms with Crippen molar-refractivity contribution >= 4 is 17.5 Å². The van der Waals surface area contributed by atoms with Crippen LogP contribution in [-0.4, -0.2) is 61.0 Å². The van der Waals surface area contributed by atoms with Crippen LogP contribution in [0.4, 0.5) is 0 Å². The van der Waals surface area contributed by atoms with Gasteiger partial charge in [-0.3, -0.25) is 4.79 Å². The molecule has 1 aromatic rings. The molecule has 23 heavy (non-hydrogen) atoms. The Bertz CT molecular complexity index is 525. The van der Waals surface area contributed by atoms with Crippen LogP contribution in [0, 0.1) is 0 Å². The van der Waals surface area contributed by atoms with Crippen molar-refractivity contribution in [1.29, 1.82) is 0 Å². The normalized spacial score (nSPS) is 21.7. The second-order valence-electron chi connectivity index (χ2n) is 6.55. The van der Waals surface area contributed by atoms with E-state index in [1.807, 2.05) is 24.3 Å². The molecular formula is C18H26ClN3O. The first-order chi connectivity index (χ1) is 11.2. The molecule has 4 nitrogen and oxygen atoms in total. The monoisotopic (exact) mass is 335 g/mol. The Morgan fingerprint density at radius 2 is 2.09 bits per heavy atom. The molecule has 1 atom stereocenters. The third kappa shape index (κ3) is 4.46. The number of hydrogen-bond donors (Lipinski definition) is 1. The maximum Gasteiger partial charge on any atom is 0.227 e. The molecule has 1 unspecified atom stereocenters. The molecule has 0 spiro atoms. The third-order valence-electron chi connectivity index (χ3n) is 4.95. The summed E-state index contributed by atoms with van der Waals surface area (Å²) in [7, 11) is 0. The molecule has 5 heteroatoms. The molecule has 1 amide bonds. The van der Waals surface area contributed by atoms with E-state index in [2.05, 4.69) is 15.1 Å². The maximum absolute atomic E-state index is 12.9. The van der Waals surface area contributed by atoms with Gasteiger partial charge in [-0.1, -0.05) is 29.8 Å². The number of amides is 1. The fraction of sp³-hybridized carbons (Fsp3) is 0.611. The van der Waals surface area contributed by atoms with Crippen molar-refractivity contribution < 1.29 is 4.79 Å². The quantitative estimate of drug-likeness (QED) is 0.865. The van der Waals surface area contributed by atoms with Gasteiger partial charge in [0.15, 0.2) is 0 Å². The lowest BCUT2D eigenvalue weighted by molar-refractivity contribution is -0.132. The van der Waals surface area contributed by atoms with Crippen LogP contribution in [-0.2, 0) is 11.2 Å². The van der Waals surface area contributed by atoms with E-state index >= 15 is 0 Å². The van der Waals surface area contributed by atoms with Gasteiger partial charge in [-0.25, -0.2) is 0 Å². The number of nitrogens with zero attached hydrogens (tertiary/aromatic N) is 2. The molecule has 0 aromatic heterocycles. The van der Waals surface area contributed by atoms with Gasteiger partial charge in [-0.05, 0) is 50.5 Å². The second-order valence-corrected chi connectivity index (χ2v) is 6.96. The molecule has 2 aliphatic heterocycles. The molecule has 2 saturated heterocycles. The van der Waals surface area contributed by atoms with Gasteiger partial charge in [0, 0.05) is 30.7 Å². The van der Waals surface area contributed by atoms with Crippen molar-refractivity contribution in [2.45, 2.75) is 31.7 Å². The Balaban J connectivity index is 1.63. The molecule has 2 fully saturated rings. The molecule has 0 bridgehead atoms. The highest BCUT2D eigenvalue weighted by Crippen LogP contribution is 2.18. The highest BCUT2D eigenvalue weighted by Gasteiger charge is 2.27. The minimum atomic E-state index is 0.200. The Hall–Kier alpha value is -1.10. The van der Waals surface area contributed by atoms with E-state index in [0.29, 0.717) is 17.5 Å². The number of hydrogen-bond acceptors (Lipinski definition) is 3. The van der Waals surface area contributed by atoms with E-state index in [0.717, 1.165) is 38.2 Å². The first kappa shape index (κ1) is 16.7. The van der Waals surface area contributed by atoms with Crippen molar-refractivity contribution in [1.82, 2.24) is 15.1 Å². The Morgan fingerprint density at radius 1 is 1.30 bits per heavy atom. The van der Waals surface area contributed by atoms with E-state index in [4.69, 9.17) is 11.6 Å². The molecule has 2 aliphatic rings. The van der Waals surface area contributed by atoms with Gasteiger partial charge in [-0.2, -0.15) is 0 Å². The van der Waals surface area contributed by atoms with Gasteiger partial charge in [0.05, 0.1) is 6.42 Å². The highest BCUT2D eigenvalue weighted by molar-refractivity contribution is 6.31. The van der Waals surface area contributed by atoms with Crippen molar-refractivity contribution in [3.05, 3.63) is 34.9 Å². The van der Waals surface area contributed by atoms with E-state index in [1.165, 1.54) is 25.9 Å². The molecule has 1 N–H and O–H groups in total. The van der Waals surface area contributed by atoms with Crippen molar-refractivity contribution in [2.24, 2.45) is 0 Å². The number of halogens is 1. The van der Waals surface area contributed by atoms with Gasteiger partial charge < -0.3 is 15.1 Å². The number of benzene rings is 1. The summed E-state index contributed by atoms with van der Waals surface area (Å²) in [6, 6.07) is 7.98. The second kappa shape index (κ2) is 8.13. The van der Waals surface area contributed by atoms with Crippen LogP contribution in [0.3, 0.4) is 0 Å². The number of nitrogens with one attached hydrogen (secondary N) is 1. The minimum absolute atomic E-state index is 0.200. The van der Waals surface area contributed by atoms with E-state index < -0.39 is 0 Å². The molecule has 2 heterocycles. The maximum atomic E-state index is 12.9. The van der Waals surface area contributed by atoms with E-state index in [9.17, 15) is 4.79 Å². The number of rotatable bonds is 6. The molecule has 0 saturated carbocycles. The zero-order chi connectivity index (χ0) is 16.1. The number of carbonyl (C=O) groups excluding carboxylic acids is 1. The van der Waals surface area contributed by atoms with E-state index in [-0.39, 0.29) is 5.91 Å². The van der Waals surface area contributed by atoms with Gasteiger partial charge in [-0.15, -0.1) is 0 Å². The number of carbonyl (C=O) groups is 1. The molecular weight excluding hydrogens is 310 g/mol. The lowest BCUT2D eigenvalue weighted by Crippen LogP contribution is -2.46. The first-order valence-electron chi connectivity index (χ1n) is 8.70. The first-order valence-corrected chi connectivity index (χ1v) is 9.08. The smallest absolute Gasteiger partial charge is 0.227 e. The predicted molar refractivity (Wildman–Crippen MR) is 93.8 cm³/mol. The average Bonchev–Trinajstić information content (AvgIpc) is 3.23. The SMILES string of the molecule is O=C(Cc1ccccc1Cl)N(CCN1CCCC1)C1CCNC1. The Labute approximate surface area is 143 Å². The summed E-state index contributed by atoms with van der Waals surface area (Å²) in [6.07, 6.45) is 4.03. The largest absolute Gasteiger partial charge is 0.337 e. The molecule has 1 aromatic carbocycles. The average molecular weight is 336 g/mol. The minimum Gasteiger partial charge on any atom is -0.337 e. The lowest BCUT2D eigenvalue weighted by atomic mass is 10.1. The van der Waals surface area contributed by atoms with Gasteiger partial charge >= 0.3 is 0 Å². The zero-order valence-corrected chi connectivity index (χ0v) is 14.4. The van der Waals surface area contributed by atoms with Crippen LogP contribution < -0.4 is 5.32 Å². The van der Waals surface area contributed by atoms with E-state index in [1.54, 1.807) is 0 Å². The van der Waals surface area contributed by atoms with Crippen molar-refractivity contribution in [3.8, 4) is 0 Å². The predicted octanol–water partition coefficient (Wildman–Crippen LogP) is 2.17. The third-order valence-corrected chi connectivity index (χ3v) is 5.32. The fourth-order valence-corrected chi connectivity index (χ4v) is 3.78. The summed E-state index contributed by atoms with van der Waals surface area (Å²) in [4.78, 5) is 17.4. The fourth-order valence-electron chi connectivity index (χ4n) is 3.58. The molecule has 126 valence electrons. The topological polar surface area (TPSA) is 35.6 Å². The summed E-state index contributed by atoms with van der Waals surface area (Å²) >= 11 is 6.22. The molecule has 0 radical (unpaired) electrons. The summed E-state index contributed by atoms with van der Waals surface area (Å²) in [5.41, 5.74) is 0.927. The molecule has 3 rings (SSSR count). The van der Waals surface area contributed by atoms with Crippen LogP contribution in [0.2, 0.25) is 5.02 Å². The summed E-state index contributed by atoms with van der Waals surface area (Å²) in [6.45, 7) is 6.09.